The molecule has 3 aliphatic carbocycles. The summed E-state index contributed by atoms with van der Waals surface area (Å²) in [4.78, 5) is 29.6. The van der Waals surface area contributed by atoms with Gasteiger partial charge in [0, 0.05) is 39.5 Å². The summed E-state index contributed by atoms with van der Waals surface area (Å²) in [5.41, 5.74) is -2.58. The molecule has 7 nitrogen and oxygen atoms in total. The van der Waals surface area contributed by atoms with E-state index in [0.717, 1.165) is 12.8 Å². The number of piperidine rings is 1. The molecule has 4 bridgehead atoms. The van der Waals surface area contributed by atoms with E-state index in [1.165, 1.54) is 12.8 Å². The Morgan fingerprint density at radius 3 is 2.37 bits per heavy atom. The maximum absolute atomic E-state index is 13.6. The molecule has 2 saturated heterocycles. The SMILES string of the molecule is C=C[C@]1(C)C[C@@H](OC(=O)CSC2C[C@H]3CC[C@@H](C2)N3C)[C@]2(C)[C@H](C)C[C@H](O)[C@]3(C[C@H](O)C(=O)[C@@H]23)[C@@H](C)[C@@H]1O. The van der Waals surface area contributed by atoms with E-state index in [-0.39, 0.29) is 29.8 Å². The molecule has 38 heavy (non-hydrogen) atoms. The van der Waals surface area contributed by atoms with Crippen LogP contribution in [0.5, 0.6) is 0 Å². The average molecular weight is 550 g/mol. The number of Topliss-reactive ketones (excluding diaryl/α,β-unsaturated/α-hetero) is 1. The third-order valence-corrected chi connectivity index (χ3v) is 13.4. The van der Waals surface area contributed by atoms with Crippen molar-refractivity contribution in [3.05, 3.63) is 12.7 Å². The quantitative estimate of drug-likeness (QED) is 0.355. The number of nitrogens with zero attached hydrogens (tertiary/aromatic N) is 1. The lowest BCUT2D eigenvalue weighted by atomic mass is 9.43. The Hall–Kier alpha value is -0.930. The molecule has 0 aromatic rings. The molecule has 2 aliphatic heterocycles. The molecule has 0 aromatic heterocycles. The second-order valence-electron chi connectivity index (χ2n) is 13.8. The minimum Gasteiger partial charge on any atom is -0.461 e. The molecule has 214 valence electrons. The monoisotopic (exact) mass is 549 g/mol. The van der Waals surface area contributed by atoms with Gasteiger partial charge in [0.2, 0.25) is 0 Å². The van der Waals surface area contributed by atoms with E-state index < -0.39 is 52.5 Å². The number of thioether (sulfide) groups is 1. The topological polar surface area (TPSA) is 107 Å². The van der Waals surface area contributed by atoms with Gasteiger partial charge >= 0.3 is 5.97 Å². The van der Waals surface area contributed by atoms with Crippen molar-refractivity contribution in [3.63, 3.8) is 0 Å². The van der Waals surface area contributed by atoms with Crippen LogP contribution in [0.3, 0.4) is 0 Å². The van der Waals surface area contributed by atoms with Gasteiger partial charge in [-0.1, -0.05) is 33.8 Å². The molecule has 3 saturated carbocycles. The van der Waals surface area contributed by atoms with Crippen molar-refractivity contribution >= 4 is 23.5 Å². The van der Waals surface area contributed by atoms with Crippen LogP contribution in [0.4, 0.5) is 0 Å². The standard InChI is InChI=1S/C30H47NO6S/c1-7-28(4)14-23(37-24(34)15-38-20-11-18-8-9-19(12-20)31(18)6)29(5)16(2)10-22(33)30(17(3)27(28)36)13-21(32)25(35)26(29)30/h7,16-23,26-27,32-33,36H,1,8-15H2,2-6H3/t16-,17+,18-,19+,20?,21+,22+,23-,26+,27+,28-,29+,30+/m1/s1. The van der Waals surface area contributed by atoms with Crippen molar-refractivity contribution in [3.8, 4) is 0 Å². The molecular weight excluding hydrogens is 502 g/mol. The van der Waals surface area contributed by atoms with Crippen molar-refractivity contribution in [2.45, 2.75) is 114 Å². The Kier molecular flexibility index (Phi) is 7.42. The highest BCUT2D eigenvalue weighted by Crippen LogP contribution is 2.68. The average Bonchev–Trinajstić information content (AvgIpc) is 3.25. The summed E-state index contributed by atoms with van der Waals surface area (Å²) in [5.74, 6) is -1.62. The van der Waals surface area contributed by atoms with E-state index >= 15 is 0 Å². The molecule has 0 radical (unpaired) electrons. The van der Waals surface area contributed by atoms with E-state index in [2.05, 4.69) is 18.5 Å². The predicted octanol–water partition coefficient (Wildman–Crippen LogP) is 3.19. The number of hydrogen-bond donors (Lipinski definition) is 3. The number of carbonyl (C=O) groups excluding carboxylic acids is 2. The summed E-state index contributed by atoms with van der Waals surface area (Å²) < 4.78 is 6.33. The van der Waals surface area contributed by atoms with Gasteiger partial charge in [-0.05, 0) is 63.8 Å². The zero-order valence-electron chi connectivity index (χ0n) is 23.6. The maximum Gasteiger partial charge on any atom is 0.316 e. The van der Waals surface area contributed by atoms with E-state index in [0.29, 0.717) is 30.2 Å². The van der Waals surface area contributed by atoms with Crippen molar-refractivity contribution in [1.29, 1.82) is 0 Å². The van der Waals surface area contributed by atoms with Crippen LogP contribution in [0.1, 0.15) is 72.6 Å². The summed E-state index contributed by atoms with van der Waals surface area (Å²) in [6, 6.07) is 1.21. The number of ketones is 1. The summed E-state index contributed by atoms with van der Waals surface area (Å²) in [7, 11) is 2.21. The van der Waals surface area contributed by atoms with Gasteiger partial charge in [-0.15, -0.1) is 18.3 Å². The van der Waals surface area contributed by atoms with Crippen LogP contribution in [0, 0.1) is 34.0 Å². The number of aliphatic hydroxyl groups is 3. The minimum atomic E-state index is -1.20. The van der Waals surface area contributed by atoms with Gasteiger partial charge < -0.3 is 25.0 Å². The fourth-order valence-electron chi connectivity index (χ4n) is 9.43. The first kappa shape index (κ1) is 28.6. The molecule has 0 aromatic carbocycles. The van der Waals surface area contributed by atoms with Crippen LogP contribution in [-0.2, 0) is 14.3 Å². The fourth-order valence-corrected chi connectivity index (χ4v) is 10.6. The van der Waals surface area contributed by atoms with Gasteiger partial charge in [0.15, 0.2) is 5.78 Å². The minimum absolute atomic E-state index is 0.112. The Balaban J connectivity index is 1.44. The molecule has 13 atom stereocenters. The highest BCUT2D eigenvalue weighted by Gasteiger charge is 2.73. The van der Waals surface area contributed by atoms with Crippen molar-refractivity contribution in [2.75, 3.05) is 12.8 Å². The molecule has 2 heterocycles. The van der Waals surface area contributed by atoms with Gasteiger partial charge in [0.25, 0.3) is 0 Å². The molecule has 5 aliphatic rings. The number of carbonyl (C=O) groups is 2. The third kappa shape index (κ3) is 4.07. The first-order chi connectivity index (χ1) is 17.8. The molecule has 0 amide bonds. The van der Waals surface area contributed by atoms with Crippen LogP contribution >= 0.6 is 11.8 Å². The lowest BCUT2D eigenvalue weighted by Crippen LogP contribution is -2.67. The molecule has 0 spiro atoms. The second kappa shape index (κ2) is 9.86. The number of hydrogen-bond acceptors (Lipinski definition) is 8. The van der Waals surface area contributed by atoms with Crippen LogP contribution < -0.4 is 0 Å². The summed E-state index contributed by atoms with van der Waals surface area (Å²) in [5, 5.41) is 34.5. The van der Waals surface area contributed by atoms with Gasteiger partial charge in [-0.3, -0.25) is 9.59 Å². The Labute approximate surface area is 231 Å². The van der Waals surface area contributed by atoms with E-state index in [4.69, 9.17) is 4.74 Å². The number of aliphatic hydroxyl groups excluding tert-OH is 3. The van der Waals surface area contributed by atoms with Crippen molar-refractivity contribution in [2.24, 2.45) is 34.0 Å². The number of esters is 1. The highest BCUT2D eigenvalue weighted by atomic mass is 32.2. The van der Waals surface area contributed by atoms with Crippen LogP contribution in [0.25, 0.3) is 0 Å². The largest absolute Gasteiger partial charge is 0.461 e. The van der Waals surface area contributed by atoms with Crippen molar-refractivity contribution < 1.29 is 29.6 Å². The molecule has 5 rings (SSSR count). The molecular formula is C30H47NO6S. The number of fused-ring (bicyclic) bond motifs is 2. The summed E-state index contributed by atoms with van der Waals surface area (Å²) >= 11 is 1.68. The molecule has 3 N–H and O–H groups in total. The summed E-state index contributed by atoms with van der Waals surface area (Å²) in [6.45, 7) is 11.9. The first-order valence-corrected chi connectivity index (χ1v) is 15.6. The lowest BCUT2D eigenvalue weighted by Gasteiger charge is -2.63. The Morgan fingerprint density at radius 2 is 1.76 bits per heavy atom. The van der Waals surface area contributed by atoms with Gasteiger partial charge in [-0.2, -0.15) is 0 Å². The van der Waals surface area contributed by atoms with E-state index in [9.17, 15) is 24.9 Å². The fraction of sp³-hybridized carbons (Fsp3) is 0.867. The Morgan fingerprint density at radius 1 is 1.13 bits per heavy atom. The second-order valence-corrected chi connectivity index (χ2v) is 15.1. The summed E-state index contributed by atoms with van der Waals surface area (Å²) in [6.07, 6.45) is 3.64. The number of rotatable bonds is 5. The number of ether oxygens (including phenoxy) is 1. The molecule has 8 heteroatoms. The normalized spacial score (nSPS) is 52.7. The van der Waals surface area contributed by atoms with E-state index in [1.807, 2.05) is 27.7 Å². The van der Waals surface area contributed by atoms with Gasteiger partial charge in [0.1, 0.15) is 12.2 Å². The molecule has 5 fully saturated rings. The van der Waals surface area contributed by atoms with Crippen LogP contribution in [0.15, 0.2) is 12.7 Å². The smallest absolute Gasteiger partial charge is 0.316 e. The van der Waals surface area contributed by atoms with Crippen LogP contribution in [-0.4, -0.2) is 86.5 Å². The zero-order valence-corrected chi connectivity index (χ0v) is 24.5. The molecule has 1 unspecified atom stereocenters. The van der Waals surface area contributed by atoms with Crippen molar-refractivity contribution in [1.82, 2.24) is 4.90 Å². The zero-order chi connectivity index (χ0) is 27.8. The highest BCUT2D eigenvalue weighted by molar-refractivity contribution is 8.00. The first-order valence-electron chi connectivity index (χ1n) is 14.5. The van der Waals surface area contributed by atoms with Crippen LogP contribution in [0.2, 0.25) is 0 Å². The third-order valence-electron chi connectivity index (χ3n) is 12.1. The Bertz CT molecular complexity index is 962. The van der Waals surface area contributed by atoms with Gasteiger partial charge in [-0.25, -0.2) is 0 Å². The van der Waals surface area contributed by atoms with Gasteiger partial charge in [0.05, 0.1) is 18.0 Å². The maximum atomic E-state index is 13.6. The lowest BCUT2D eigenvalue weighted by molar-refractivity contribution is -0.232. The predicted molar refractivity (Wildman–Crippen MR) is 147 cm³/mol. The van der Waals surface area contributed by atoms with E-state index in [1.54, 1.807) is 17.8 Å².